The number of nitrogens with zero attached hydrogens (tertiary/aromatic N) is 4. The molecule has 0 radical (unpaired) electrons. The van der Waals surface area contributed by atoms with E-state index < -0.39 is 11.7 Å². The summed E-state index contributed by atoms with van der Waals surface area (Å²) in [5.74, 6) is -1.37. The third-order valence-corrected chi connectivity index (χ3v) is 3.92. The smallest absolute Gasteiger partial charge is 0.251 e. The molecule has 2 aromatic heterocycles. The van der Waals surface area contributed by atoms with Gasteiger partial charge in [0.15, 0.2) is 0 Å². The minimum Gasteiger partial charge on any atom is -0.352 e. The molecule has 0 saturated heterocycles. The topological polar surface area (TPSA) is 93.8 Å². The fraction of sp³-hybridized carbons (Fsp3) is 0.222. The van der Waals surface area contributed by atoms with Crippen molar-refractivity contribution >= 4 is 17.5 Å². The molecule has 2 amide bonds. The number of hydrogen-bond acceptors (Lipinski definition) is 4. The standard InChI is InChI=1S/C18H19FN6O2/c1-24-16(3-5-22-24)2-4-21-18(27)13-8-14(19)10-15(9-13)23-17(26)11-25-7-6-20-12-25/h3,5-10,12H,2,4,11H2,1H3,(H,21,27)(H,23,26). The maximum Gasteiger partial charge on any atom is 0.251 e. The average Bonchev–Trinajstić information content (AvgIpc) is 3.26. The maximum absolute atomic E-state index is 13.9. The molecule has 0 aliphatic rings. The van der Waals surface area contributed by atoms with Crippen molar-refractivity contribution in [2.45, 2.75) is 13.0 Å². The van der Waals surface area contributed by atoms with Crippen LogP contribution >= 0.6 is 0 Å². The van der Waals surface area contributed by atoms with Crippen LogP contribution in [0.1, 0.15) is 16.1 Å². The van der Waals surface area contributed by atoms with Gasteiger partial charge in [0.25, 0.3) is 5.91 Å². The first-order chi connectivity index (χ1) is 13.0. The Morgan fingerprint density at radius 2 is 2.07 bits per heavy atom. The van der Waals surface area contributed by atoms with Crippen LogP contribution in [-0.4, -0.2) is 37.7 Å². The van der Waals surface area contributed by atoms with E-state index in [0.29, 0.717) is 13.0 Å². The van der Waals surface area contributed by atoms with Crippen LogP contribution in [-0.2, 0) is 24.8 Å². The summed E-state index contributed by atoms with van der Waals surface area (Å²) < 4.78 is 17.2. The van der Waals surface area contributed by atoms with E-state index in [9.17, 15) is 14.0 Å². The third kappa shape index (κ3) is 5.00. The maximum atomic E-state index is 13.9. The Labute approximate surface area is 155 Å². The SMILES string of the molecule is Cn1nccc1CCNC(=O)c1cc(F)cc(NC(=O)Cn2ccnc2)c1. The minimum atomic E-state index is -0.604. The lowest BCUT2D eigenvalue weighted by Gasteiger charge is -2.09. The molecule has 8 nitrogen and oxygen atoms in total. The first kappa shape index (κ1) is 18.3. The Balaban J connectivity index is 1.59. The number of nitrogens with one attached hydrogen (secondary N) is 2. The molecule has 2 heterocycles. The van der Waals surface area contributed by atoms with Gasteiger partial charge < -0.3 is 15.2 Å². The molecule has 0 spiro atoms. The molecule has 9 heteroatoms. The molecule has 1 aromatic carbocycles. The number of carbonyl (C=O) groups excluding carboxylic acids is 2. The zero-order chi connectivity index (χ0) is 19.2. The Morgan fingerprint density at radius 1 is 1.22 bits per heavy atom. The largest absolute Gasteiger partial charge is 0.352 e. The second-order valence-corrected chi connectivity index (χ2v) is 5.96. The molecule has 3 rings (SSSR count). The molecule has 2 N–H and O–H groups in total. The van der Waals surface area contributed by atoms with Crippen molar-refractivity contribution in [2.75, 3.05) is 11.9 Å². The Morgan fingerprint density at radius 3 is 2.78 bits per heavy atom. The fourth-order valence-corrected chi connectivity index (χ4v) is 2.59. The lowest BCUT2D eigenvalue weighted by Crippen LogP contribution is -2.26. The number of aromatic nitrogens is 4. The number of anilines is 1. The quantitative estimate of drug-likeness (QED) is 0.657. The Bertz CT molecular complexity index is 935. The van der Waals surface area contributed by atoms with E-state index in [1.54, 1.807) is 27.8 Å². The van der Waals surface area contributed by atoms with Crippen molar-refractivity contribution in [3.63, 3.8) is 0 Å². The van der Waals surface area contributed by atoms with Crippen molar-refractivity contribution in [1.29, 1.82) is 0 Å². The van der Waals surface area contributed by atoms with Crippen LogP contribution in [0, 0.1) is 5.82 Å². The van der Waals surface area contributed by atoms with Crippen LogP contribution in [0.25, 0.3) is 0 Å². The second kappa shape index (κ2) is 8.26. The molecule has 0 fully saturated rings. The molecule has 0 saturated carbocycles. The highest BCUT2D eigenvalue weighted by molar-refractivity contribution is 5.97. The average molecular weight is 370 g/mol. The number of rotatable bonds is 7. The van der Waals surface area contributed by atoms with Crippen molar-refractivity contribution in [1.82, 2.24) is 24.6 Å². The van der Waals surface area contributed by atoms with Gasteiger partial charge in [-0.1, -0.05) is 0 Å². The van der Waals surface area contributed by atoms with E-state index in [1.807, 2.05) is 13.1 Å². The van der Waals surface area contributed by atoms with E-state index in [4.69, 9.17) is 0 Å². The third-order valence-electron chi connectivity index (χ3n) is 3.92. The summed E-state index contributed by atoms with van der Waals surface area (Å²) in [6, 6.07) is 5.60. The summed E-state index contributed by atoms with van der Waals surface area (Å²) in [6.45, 7) is 0.431. The van der Waals surface area contributed by atoms with Gasteiger partial charge >= 0.3 is 0 Å². The number of aryl methyl sites for hydroxylation is 1. The first-order valence-electron chi connectivity index (χ1n) is 8.32. The lowest BCUT2D eigenvalue weighted by atomic mass is 10.1. The molecular weight excluding hydrogens is 351 g/mol. The van der Waals surface area contributed by atoms with E-state index in [2.05, 4.69) is 20.7 Å². The van der Waals surface area contributed by atoms with E-state index in [0.717, 1.165) is 17.8 Å². The number of amides is 2. The molecular formula is C18H19FN6O2. The van der Waals surface area contributed by atoms with Gasteiger partial charge in [-0.25, -0.2) is 9.37 Å². The Kier molecular flexibility index (Phi) is 5.60. The minimum absolute atomic E-state index is 0.0444. The number of halogens is 1. The van der Waals surface area contributed by atoms with Crippen LogP contribution in [0.4, 0.5) is 10.1 Å². The van der Waals surface area contributed by atoms with E-state index in [1.165, 1.54) is 12.4 Å². The summed E-state index contributed by atoms with van der Waals surface area (Å²) in [4.78, 5) is 28.1. The molecule has 0 atom stereocenters. The summed E-state index contributed by atoms with van der Waals surface area (Å²) in [6.07, 6.45) is 7.00. The molecule has 140 valence electrons. The zero-order valence-corrected chi connectivity index (χ0v) is 14.7. The normalized spacial score (nSPS) is 10.6. The van der Waals surface area contributed by atoms with Gasteiger partial charge in [0.2, 0.25) is 5.91 Å². The van der Waals surface area contributed by atoms with Gasteiger partial charge in [-0.3, -0.25) is 14.3 Å². The monoisotopic (exact) mass is 370 g/mol. The van der Waals surface area contributed by atoms with Gasteiger partial charge in [0.05, 0.1) is 6.33 Å². The van der Waals surface area contributed by atoms with Gasteiger partial charge in [0.1, 0.15) is 12.4 Å². The highest BCUT2D eigenvalue weighted by Crippen LogP contribution is 2.14. The number of imidazole rings is 1. The molecule has 27 heavy (non-hydrogen) atoms. The predicted molar refractivity (Wildman–Crippen MR) is 96.5 cm³/mol. The van der Waals surface area contributed by atoms with Crippen LogP contribution in [0.15, 0.2) is 49.2 Å². The van der Waals surface area contributed by atoms with Crippen molar-refractivity contribution < 1.29 is 14.0 Å². The van der Waals surface area contributed by atoms with Gasteiger partial charge in [-0.2, -0.15) is 5.10 Å². The molecule has 3 aromatic rings. The van der Waals surface area contributed by atoms with Crippen LogP contribution in [0.2, 0.25) is 0 Å². The second-order valence-electron chi connectivity index (χ2n) is 5.96. The van der Waals surface area contributed by atoms with Crippen LogP contribution in [0.3, 0.4) is 0 Å². The highest BCUT2D eigenvalue weighted by Gasteiger charge is 2.11. The molecule has 0 aliphatic carbocycles. The summed E-state index contributed by atoms with van der Waals surface area (Å²) in [5, 5.41) is 9.38. The fourth-order valence-electron chi connectivity index (χ4n) is 2.59. The summed E-state index contributed by atoms with van der Waals surface area (Å²) in [5.41, 5.74) is 1.33. The van der Waals surface area contributed by atoms with Crippen LogP contribution < -0.4 is 10.6 Å². The lowest BCUT2D eigenvalue weighted by molar-refractivity contribution is -0.116. The van der Waals surface area contributed by atoms with Crippen molar-refractivity contribution in [2.24, 2.45) is 7.05 Å². The van der Waals surface area contributed by atoms with Crippen LogP contribution in [0.5, 0.6) is 0 Å². The summed E-state index contributed by atoms with van der Waals surface area (Å²) in [7, 11) is 1.82. The summed E-state index contributed by atoms with van der Waals surface area (Å²) >= 11 is 0. The highest BCUT2D eigenvalue weighted by atomic mass is 19.1. The Hall–Kier alpha value is -3.49. The predicted octanol–water partition coefficient (Wildman–Crippen LogP) is 1.37. The van der Waals surface area contributed by atoms with Crippen molar-refractivity contribution in [3.8, 4) is 0 Å². The molecule has 0 bridgehead atoms. The first-order valence-corrected chi connectivity index (χ1v) is 8.32. The number of benzene rings is 1. The van der Waals surface area contributed by atoms with Gasteiger partial charge in [-0.15, -0.1) is 0 Å². The van der Waals surface area contributed by atoms with Gasteiger partial charge in [0, 0.05) is 55.5 Å². The molecule has 0 unspecified atom stereocenters. The van der Waals surface area contributed by atoms with E-state index >= 15 is 0 Å². The zero-order valence-electron chi connectivity index (χ0n) is 14.7. The van der Waals surface area contributed by atoms with Crippen molar-refractivity contribution in [3.05, 3.63) is 66.3 Å². The number of hydrogen-bond donors (Lipinski definition) is 2. The number of carbonyl (C=O) groups is 2. The van der Waals surface area contributed by atoms with Gasteiger partial charge in [-0.05, 0) is 24.3 Å². The van der Waals surface area contributed by atoms with E-state index in [-0.39, 0.29) is 23.7 Å². The molecule has 0 aliphatic heterocycles.